The fourth-order valence-electron chi connectivity index (χ4n) is 0. The smallest absolute Gasteiger partial charge is 2.00 e. The molecule has 5 heteroatoms. The molecule has 0 saturated carbocycles. The van der Waals surface area contributed by atoms with Gasteiger partial charge in [-0.2, -0.15) is 0 Å². The summed E-state index contributed by atoms with van der Waals surface area (Å²) in [6.45, 7) is 0. The Hall–Kier alpha value is 2.22. The second-order valence-corrected chi connectivity index (χ2v) is 0. The SMILES string of the molecule is [Ge+4].[S-2].[S-2].[S-2].[Zn+2]. The molecule has 0 aromatic carbocycles. The minimum Gasteiger partial charge on any atom is -2.00 e. The average Bonchev–Trinajstić information content (AvgIpc) is 0. The molecule has 0 aliphatic carbocycles. The predicted molar refractivity (Wildman–Crippen MR) is 27.8 cm³/mol. The van der Waals surface area contributed by atoms with Crippen LogP contribution in [0.15, 0.2) is 0 Å². The zero-order valence-electron chi connectivity index (χ0n) is 2.43. The first-order valence-electron chi connectivity index (χ1n) is 0. The Morgan fingerprint density at radius 3 is 0.600 bits per heavy atom. The van der Waals surface area contributed by atoms with Gasteiger partial charge in [-0.3, -0.25) is 0 Å². The van der Waals surface area contributed by atoms with Gasteiger partial charge in [0.15, 0.2) is 0 Å². The maximum atomic E-state index is 0. The normalized spacial score (nSPS) is 0. The van der Waals surface area contributed by atoms with Crippen LogP contribution in [0, 0.1) is 0 Å². The quantitative estimate of drug-likeness (QED) is 0.501. The molecule has 0 aromatic rings. The largest absolute Gasteiger partial charge is 4.00 e. The molecule has 0 aliphatic heterocycles. The molecular weight excluding hydrogens is 234 g/mol. The Morgan fingerprint density at radius 1 is 0.600 bits per heavy atom. The summed E-state index contributed by atoms with van der Waals surface area (Å²) in [4.78, 5) is 0. The molecule has 0 aliphatic rings. The van der Waals surface area contributed by atoms with E-state index < -0.39 is 0 Å². The van der Waals surface area contributed by atoms with Crippen LogP contribution in [-0.4, -0.2) is 17.6 Å². The molecule has 0 saturated heterocycles. The molecule has 0 nitrogen and oxygen atoms in total. The van der Waals surface area contributed by atoms with Crippen molar-refractivity contribution in [2.24, 2.45) is 0 Å². The van der Waals surface area contributed by atoms with Crippen LogP contribution in [0.4, 0.5) is 0 Å². The van der Waals surface area contributed by atoms with E-state index in [2.05, 4.69) is 0 Å². The van der Waals surface area contributed by atoms with E-state index in [9.17, 15) is 0 Å². The summed E-state index contributed by atoms with van der Waals surface area (Å²) in [5.41, 5.74) is 0. The molecule has 0 heterocycles. The molecule has 0 spiro atoms. The predicted octanol–water partition coefficient (Wildman–Crippen LogP) is -0.391. The van der Waals surface area contributed by atoms with Crippen molar-refractivity contribution < 1.29 is 19.5 Å². The van der Waals surface area contributed by atoms with Crippen LogP contribution in [0.5, 0.6) is 0 Å². The standard InChI is InChI=1S/Ge.3S.Zn/q+4;3*-2;+2. The maximum Gasteiger partial charge on any atom is 4.00 e. The molecular formula is GeS3Zn. The van der Waals surface area contributed by atoms with Gasteiger partial charge in [0.25, 0.3) is 0 Å². The summed E-state index contributed by atoms with van der Waals surface area (Å²) < 4.78 is 0. The van der Waals surface area contributed by atoms with Gasteiger partial charge < -0.3 is 40.5 Å². The minimum absolute atomic E-state index is 0. The van der Waals surface area contributed by atoms with Gasteiger partial charge in [0.05, 0.1) is 0 Å². The van der Waals surface area contributed by atoms with E-state index in [1.807, 2.05) is 0 Å². The summed E-state index contributed by atoms with van der Waals surface area (Å²) in [6, 6.07) is 0. The van der Waals surface area contributed by atoms with Crippen molar-refractivity contribution >= 4 is 58.1 Å². The molecule has 5 heavy (non-hydrogen) atoms. The summed E-state index contributed by atoms with van der Waals surface area (Å²) in [5, 5.41) is 0. The van der Waals surface area contributed by atoms with Gasteiger partial charge in [0.1, 0.15) is 0 Å². The Labute approximate surface area is 76.9 Å². The number of hydrogen-bond donors (Lipinski definition) is 0. The van der Waals surface area contributed by atoms with E-state index in [0.29, 0.717) is 0 Å². The number of rotatable bonds is 0. The fourth-order valence-corrected chi connectivity index (χ4v) is 0. The monoisotopic (exact) mass is 234 g/mol. The van der Waals surface area contributed by atoms with Crippen LogP contribution in [0.3, 0.4) is 0 Å². The molecule has 0 rings (SSSR count). The van der Waals surface area contributed by atoms with Crippen LogP contribution in [0.1, 0.15) is 0 Å². The van der Waals surface area contributed by atoms with Crippen LogP contribution < -0.4 is 0 Å². The van der Waals surface area contributed by atoms with E-state index in [-0.39, 0.29) is 77.6 Å². The Bertz CT molecular complexity index is 6.85. The minimum atomic E-state index is 0. The Balaban J connectivity index is 0. The van der Waals surface area contributed by atoms with Gasteiger partial charge in [0.2, 0.25) is 0 Å². The summed E-state index contributed by atoms with van der Waals surface area (Å²) in [5.74, 6) is 0. The van der Waals surface area contributed by atoms with Crippen molar-refractivity contribution in [2.75, 3.05) is 0 Å². The molecule has 0 atom stereocenters. The van der Waals surface area contributed by atoms with E-state index in [4.69, 9.17) is 0 Å². The average molecular weight is 234 g/mol. The van der Waals surface area contributed by atoms with Gasteiger partial charge >= 0.3 is 37.1 Å². The van der Waals surface area contributed by atoms with Gasteiger partial charge in [-0.15, -0.1) is 0 Å². The van der Waals surface area contributed by atoms with Crippen LogP contribution in [-0.2, 0) is 60.0 Å². The van der Waals surface area contributed by atoms with Crippen molar-refractivity contribution in [2.45, 2.75) is 0 Å². The van der Waals surface area contributed by atoms with Gasteiger partial charge in [-0.05, 0) is 0 Å². The molecule has 0 bridgehead atoms. The zero-order valence-corrected chi connectivity index (χ0v) is 9.95. The van der Waals surface area contributed by atoms with Gasteiger partial charge in [-0.25, -0.2) is 0 Å². The van der Waals surface area contributed by atoms with Crippen LogP contribution in [0.25, 0.3) is 0 Å². The molecule has 0 amide bonds. The molecule has 24 valence electrons. The molecule has 0 unspecified atom stereocenters. The third-order valence-corrected chi connectivity index (χ3v) is 0. The molecule has 0 aromatic heterocycles. The van der Waals surface area contributed by atoms with Crippen molar-refractivity contribution in [3.63, 3.8) is 0 Å². The van der Waals surface area contributed by atoms with Crippen molar-refractivity contribution in [3.05, 3.63) is 0 Å². The maximum absolute atomic E-state index is 0. The fraction of sp³-hybridized carbons (Fsp3) is 0. The van der Waals surface area contributed by atoms with Crippen molar-refractivity contribution in [1.82, 2.24) is 0 Å². The zero-order chi connectivity index (χ0) is 0. The van der Waals surface area contributed by atoms with Gasteiger partial charge in [-0.1, -0.05) is 0 Å². The molecule has 0 radical (unpaired) electrons. The summed E-state index contributed by atoms with van der Waals surface area (Å²) >= 11 is 0. The second-order valence-electron chi connectivity index (χ2n) is 0. The summed E-state index contributed by atoms with van der Waals surface area (Å²) in [7, 11) is 0. The first kappa shape index (κ1) is 56.8. The van der Waals surface area contributed by atoms with E-state index in [1.54, 1.807) is 0 Å². The summed E-state index contributed by atoms with van der Waals surface area (Å²) in [6.07, 6.45) is 0. The van der Waals surface area contributed by atoms with E-state index in [0.717, 1.165) is 0 Å². The van der Waals surface area contributed by atoms with E-state index in [1.165, 1.54) is 0 Å². The number of hydrogen-bond acceptors (Lipinski definition) is 0. The second kappa shape index (κ2) is 34.4. The van der Waals surface area contributed by atoms with Gasteiger partial charge in [0, 0.05) is 0 Å². The van der Waals surface area contributed by atoms with Crippen molar-refractivity contribution in [3.8, 4) is 0 Å². The third kappa shape index (κ3) is 22.5. The third-order valence-electron chi connectivity index (χ3n) is 0. The molecule has 0 N–H and O–H groups in total. The molecule has 0 fully saturated rings. The topological polar surface area (TPSA) is 0 Å². The van der Waals surface area contributed by atoms with E-state index >= 15 is 0 Å². The Kier molecular flexibility index (Phi) is 391. The van der Waals surface area contributed by atoms with Crippen molar-refractivity contribution in [1.29, 1.82) is 0 Å². The first-order valence-corrected chi connectivity index (χ1v) is 0. The first-order chi connectivity index (χ1) is 0. The Morgan fingerprint density at radius 2 is 0.600 bits per heavy atom. The van der Waals surface area contributed by atoms with Crippen LogP contribution in [0.2, 0.25) is 0 Å². The van der Waals surface area contributed by atoms with Crippen LogP contribution >= 0.6 is 0 Å².